The van der Waals surface area contributed by atoms with Crippen molar-refractivity contribution in [3.63, 3.8) is 0 Å². The van der Waals surface area contributed by atoms with E-state index in [9.17, 15) is 18.0 Å². The summed E-state index contributed by atoms with van der Waals surface area (Å²) in [5.41, 5.74) is -1.76. The molecule has 114 valence electrons. The summed E-state index contributed by atoms with van der Waals surface area (Å²) in [6, 6.07) is 0.593. The maximum absolute atomic E-state index is 12.7. The monoisotopic (exact) mass is 321 g/mol. The van der Waals surface area contributed by atoms with E-state index in [4.69, 9.17) is 16.1 Å². The Hall–Kier alpha value is -1.83. The highest BCUT2D eigenvalue weighted by molar-refractivity contribution is 6.30. The van der Waals surface area contributed by atoms with Crippen molar-refractivity contribution >= 4 is 11.6 Å². The Balaban J connectivity index is 2.39. The molecule has 2 rings (SSSR count). The van der Waals surface area contributed by atoms with Gasteiger partial charge in [0.25, 0.3) is 5.56 Å². The van der Waals surface area contributed by atoms with Crippen molar-refractivity contribution in [2.24, 2.45) is 0 Å². The SMILES string of the molecule is CC(C)c1nc(Cn2cc(C(F)(F)F)cc(Cl)c2=O)no1. The van der Waals surface area contributed by atoms with E-state index in [-0.39, 0.29) is 18.3 Å². The van der Waals surface area contributed by atoms with E-state index in [1.807, 2.05) is 13.8 Å². The Morgan fingerprint density at radius 3 is 2.62 bits per heavy atom. The third kappa shape index (κ3) is 3.44. The van der Waals surface area contributed by atoms with Gasteiger partial charge in [-0.1, -0.05) is 30.6 Å². The summed E-state index contributed by atoms with van der Waals surface area (Å²) in [5.74, 6) is 0.431. The first kappa shape index (κ1) is 15.6. The fourth-order valence-corrected chi connectivity index (χ4v) is 1.82. The zero-order chi connectivity index (χ0) is 15.8. The lowest BCUT2D eigenvalue weighted by Crippen LogP contribution is -2.23. The molecular weight excluding hydrogens is 311 g/mol. The summed E-state index contributed by atoms with van der Waals surface area (Å²) >= 11 is 5.55. The molecule has 0 radical (unpaired) electrons. The van der Waals surface area contributed by atoms with Gasteiger partial charge >= 0.3 is 6.18 Å². The Labute approximate surface area is 122 Å². The molecule has 0 amide bonds. The Kier molecular flexibility index (Phi) is 4.08. The molecule has 9 heteroatoms. The number of aromatic nitrogens is 3. The number of rotatable bonds is 3. The number of pyridine rings is 1. The van der Waals surface area contributed by atoms with Crippen LogP contribution in [0.15, 0.2) is 21.6 Å². The third-order valence-corrected chi connectivity index (χ3v) is 2.93. The van der Waals surface area contributed by atoms with Crippen molar-refractivity contribution in [3.8, 4) is 0 Å². The zero-order valence-electron chi connectivity index (χ0n) is 11.1. The van der Waals surface area contributed by atoms with Gasteiger partial charge in [-0.3, -0.25) is 4.79 Å². The molecule has 0 aromatic carbocycles. The summed E-state index contributed by atoms with van der Waals surface area (Å²) in [6.45, 7) is 3.40. The molecule has 0 N–H and O–H groups in total. The number of hydrogen-bond acceptors (Lipinski definition) is 4. The number of halogens is 4. The number of hydrogen-bond donors (Lipinski definition) is 0. The molecule has 0 saturated carbocycles. The lowest BCUT2D eigenvalue weighted by atomic mass is 10.2. The van der Waals surface area contributed by atoms with Crippen LogP contribution in [0, 0.1) is 0 Å². The van der Waals surface area contributed by atoms with E-state index in [0.717, 1.165) is 4.57 Å². The van der Waals surface area contributed by atoms with Crippen LogP contribution in [0.2, 0.25) is 5.02 Å². The molecule has 2 aromatic heterocycles. The topological polar surface area (TPSA) is 60.9 Å². The molecule has 0 fully saturated rings. The molecule has 0 saturated heterocycles. The van der Waals surface area contributed by atoms with Crippen molar-refractivity contribution in [1.29, 1.82) is 0 Å². The molecule has 0 unspecified atom stereocenters. The lowest BCUT2D eigenvalue weighted by Gasteiger charge is -2.10. The minimum atomic E-state index is -4.60. The Bertz CT molecular complexity index is 707. The van der Waals surface area contributed by atoms with Gasteiger partial charge in [-0.05, 0) is 6.07 Å². The first-order valence-corrected chi connectivity index (χ1v) is 6.36. The molecule has 2 aromatic rings. The average molecular weight is 322 g/mol. The predicted octanol–water partition coefficient (Wildman–Crippen LogP) is 3.08. The van der Waals surface area contributed by atoms with Gasteiger partial charge in [-0.15, -0.1) is 0 Å². The quantitative estimate of drug-likeness (QED) is 0.871. The van der Waals surface area contributed by atoms with Crippen molar-refractivity contribution in [3.05, 3.63) is 44.9 Å². The highest BCUT2D eigenvalue weighted by Gasteiger charge is 2.32. The van der Waals surface area contributed by atoms with Crippen LogP contribution in [0.4, 0.5) is 13.2 Å². The summed E-state index contributed by atoms with van der Waals surface area (Å²) in [4.78, 5) is 15.8. The van der Waals surface area contributed by atoms with Crippen molar-refractivity contribution in [2.75, 3.05) is 0 Å². The first-order valence-electron chi connectivity index (χ1n) is 5.98. The van der Waals surface area contributed by atoms with Gasteiger partial charge in [0.2, 0.25) is 5.89 Å². The number of alkyl halides is 3. The Morgan fingerprint density at radius 2 is 2.10 bits per heavy atom. The van der Waals surface area contributed by atoms with E-state index in [0.29, 0.717) is 18.2 Å². The predicted molar refractivity (Wildman–Crippen MR) is 68.2 cm³/mol. The van der Waals surface area contributed by atoms with Gasteiger partial charge in [0.1, 0.15) is 5.02 Å². The largest absolute Gasteiger partial charge is 0.417 e. The second-order valence-electron chi connectivity index (χ2n) is 4.71. The third-order valence-electron chi connectivity index (χ3n) is 2.66. The van der Waals surface area contributed by atoms with Crippen LogP contribution in [0.5, 0.6) is 0 Å². The maximum atomic E-state index is 12.7. The molecule has 0 spiro atoms. The van der Waals surface area contributed by atoms with Gasteiger partial charge < -0.3 is 9.09 Å². The first-order chi connectivity index (χ1) is 9.68. The van der Waals surface area contributed by atoms with Gasteiger partial charge in [0, 0.05) is 12.1 Å². The minimum absolute atomic E-state index is 0.0203. The molecule has 0 aliphatic rings. The van der Waals surface area contributed by atoms with Crippen LogP contribution in [0.25, 0.3) is 0 Å². The smallest absolute Gasteiger partial charge is 0.339 e. The standard InChI is InChI=1S/C12H11ClF3N3O2/c1-6(2)10-17-9(18-21-10)5-19-4-7(12(14,15)16)3-8(13)11(19)20/h3-4,6H,5H2,1-2H3. The van der Waals surface area contributed by atoms with E-state index in [1.54, 1.807) is 0 Å². The Morgan fingerprint density at radius 1 is 1.43 bits per heavy atom. The molecule has 21 heavy (non-hydrogen) atoms. The fourth-order valence-electron chi connectivity index (χ4n) is 1.59. The zero-order valence-corrected chi connectivity index (χ0v) is 11.9. The van der Waals surface area contributed by atoms with Crippen LogP contribution >= 0.6 is 11.6 Å². The van der Waals surface area contributed by atoms with E-state index >= 15 is 0 Å². The van der Waals surface area contributed by atoms with Gasteiger partial charge in [0.05, 0.1) is 12.1 Å². The van der Waals surface area contributed by atoms with E-state index < -0.39 is 22.3 Å². The van der Waals surface area contributed by atoms with Crippen LogP contribution < -0.4 is 5.56 Å². The summed E-state index contributed by atoms with van der Waals surface area (Å²) in [5, 5.41) is 3.11. The molecule has 2 heterocycles. The summed E-state index contributed by atoms with van der Waals surface area (Å²) < 4.78 is 43.9. The average Bonchev–Trinajstić information content (AvgIpc) is 2.82. The highest BCUT2D eigenvalue weighted by atomic mass is 35.5. The molecule has 5 nitrogen and oxygen atoms in total. The minimum Gasteiger partial charge on any atom is -0.339 e. The van der Waals surface area contributed by atoms with Crippen LogP contribution in [-0.2, 0) is 12.7 Å². The summed E-state index contributed by atoms with van der Waals surface area (Å²) in [7, 11) is 0. The molecule has 0 aliphatic heterocycles. The van der Waals surface area contributed by atoms with Crippen molar-refractivity contribution < 1.29 is 17.7 Å². The number of nitrogens with zero attached hydrogens (tertiary/aromatic N) is 3. The van der Waals surface area contributed by atoms with Crippen molar-refractivity contribution in [2.45, 2.75) is 32.5 Å². The molecule has 0 atom stereocenters. The molecule has 0 aliphatic carbocycles. The van der Waals surface area contributed by atoms with Gasteiger partial charge in [-0.25, -0.2) is 0 Å². The van der Waals surface area contributed by atoms with E-state index in [2.05, 4.69) is 10.1 Å². The van der Waals surface area contributed by atoms with Gasteiger partial charge in [-0.2, -0.15) is 18.2 Å². The normalized spacial score (nSPS) is 12.1. The van der Waals surface area contributed by atoms with Crippen LogP contribution in [-0.4, -0.2) is 14.7 Å². The molecule has 0 bridgehead atoms. The van der Waals surface area contributed by atoms with Crippen LogP contribution in [0.1, 0.15) is 37.0 Å². The van der Waals surface area contributed by atoms with Crippen molar-refractivity contribution in [1.82, 2.24) is 14.7 Å². The highest BCUT2D eigenvalue weighted by Crippen LogP contribution is 2.29. The van der Waals surface area contributed by atoms with E-state index in [1.165, 1.54) is 0 Å². The van der Waals surface area contributed by atoms with Gasteiger partial charge in [0.15, 0.2) is 5.82 Å². The second-order valence-corrected chi connectivity index (χ2v) is 5.12. The molecular formula is C12H11ClF3N3O2. The maximum Gasteiger partial charge on any atom is 0.417 e. The lowest BCUT2D eigenvalue weighted by molar-refractivity contribution is -0.138. The second kappa shape index (κ2) is 5.51. The summed E-state index contributed by atoms with van der Waals surface area (Å²) in [6.07, 6.45) is -3.92. The van der Waals surface area contributed by atoms with Crippen LogP contribution in [0.3, 0.4) is 0 Å². The fraction of sp³-hybridized carbons (Fsp3) is 0.417.